The van der Waals surface area contributed by atoms with Crippen LogP contribution in [0, 0.1) is 0 Å². The van der Waals surface area contributed by atoms with E-state index in [0.29, 0.717) is 0 Å². The molecule has 1 unspecified atom stereocenters. The van der Waals surface area contributed by atoms with Gasteiger partial charge in [-0.1, -0.05) is 68.2 Å². The smallest absolute Gasteiger partial charge is 0.811 e. The normalized spacial score (nSPS) is 14.3. The number of phenolic OH excluding ortho intramolecular Hbond substituents is 1. The van der Waals surface area contributed by atoms with E-state index < -0.39 is 13.3 Å². The summed E-state index contributed by atoms with van der Waals surface area (Å²) in [4.78, 5) is 22.4. The average molecular weight is 366 g/mol. The minimum absolute atomic E-state index is 0. The number of benzene rings is 1. The quantitative estimate of drug-likeness (QED) is 0.658. The standard InChI is InChI=1S/C17H29O4P.Ca/c1-11(22(19,20)21)8-12-9-13(16(2,3)4)15(18)14(10-12)17(5,6)7;/h9-11,18H,8H2,1-7H3,(H2,19,20,21);/q;+2/p-2. The number of aromatic hydroxyl groups is 1. The molecule has 23 heavy (non-hydrogen) atoms. The van der Waals surface area contributed by atoms with Gasteiger partial charge in [0, 0.05) is 0 Å². The maximum atomic E-state index is 11.2. The minimum Gasteiger partial charge on any atom is -0.811 e. The monoisotopic (exact) mass is 366 g/mol. The van der Waals surface area contributed by atoms with Crippen LogP contribution in [0.1, 0.15) is 65.2 Å². The Hall–Kier alpha value is 0.430. The first-order valence-corrected chi connectivity index (χ1v) is 9.14. The molecule has 6 heteroatoms. The van der Waals surface area contributed by atoms with Crippen molar-refractivity contribution in [3.63, 3.8) is 0 Å². The Bertz CT molecular complexity index is 559. The fraction of sp³-hybridized carbons (Fsp3) is 0.647. The van der Waals surface area contributed by atoms with Crippen molar-refractivity contribution in [1.82, 2.24) is 0 Å². The first-order valence-electron chi connectivity index (χ1n) is 7.52. The molecule has 0 saturated carbocycles. The maximum absolute atomic E-state index is 11.2. The molecule has 0 saturated heterocycles. The van der Waals surface area contributed by atoms with Crippen LogP contribution in [0.15, 0.2) is 12.1 Å². The second-order valence-electron chi connectivity index (χ2n) is 8.13. The Morgan fingerprint density at radius 3 is 1.65 bits per heavy atom. The van der Waals surface area contributed by atoms with E-state index in [9.17, 15) is 19.5 Å². The summed E-state index contributed by atoms with van der Waals surface area (Å²) in [6.07, 6.45) is 0.163. The van der Waals surface area contributed by atoms with Crippen molar-refractivity contribution >= 4 is 45.3 Å². The van der Waals surface area contributed by atoms with Gasteiger partial charge in [-0.15, -0.1) is 0 Å². The molecule has 1 aromatic carbocycles. The zero-order valence-electron chi connectivity index (χ0n) is 15.3. The Balaban J connectivity index is 0.00000484. The van der Waals surface area contributed by atoms with E-state index in [-0.39, 0.29) is 60.7 Å². The predicted molar refractivity (Wildman–Crippen MR) is 92.0 cm³/mol. The van der Waals surface area contributed by atoms with E-state index in [1.807, 2.05) is 53.7 Å². The third-order valence-electron chi connectivity index (χ3n) is 3.86. The van der Waals surface area contributed by atoms with Gasteiger partial charge in [0.25, 0.3) is 0 Å². The summed E-state index contributed by atoms with van der Waals surface area (Å²) < 4.78 is 11.2. The predicted octanol–water partition coefficient (Wildman–Crippen LogP) is 2.45. The Morgan fingerprint density at radius 1 is 1.04 bits per heavy atom. The molecule has 0 bridgehead atoms. The molecule has 0 aliphatic rings. The molecule has 0 heterocycles. The Labute approximate surface area is 169 Å². The molecule has 1 N–H and O–H groups in total. The van der Waals surface area contributed by atoms with Crippen molar-refractivity contribution in [2.75, 3.05) is 0 Å². The van der Waals surface area contributed by atoms with Gasteiger partial charge in [0.2, 0.25) is 0 Å². The van der Waals surface area contributed by atoms with E-state index in [4.69, 9.17) is 0 Å². The first-order chi connectivity index (χ1) is 9.64. The molecule has 0 spiro atoms. The van der Waals surface area contributed by atoms with Gasteiger partial charge in [-0.3, -0.25) is 0 Å². The molecule has 0 aliphatic heterocycles. The van der Waals surface area contributed by atoms with Crippen molar-refractivity contribution in [1.29, 1.82) is 0 Å². The summed E-state index contributed by atoms with van der Waals surface area (Å²) in [5.41, 5.74) is 0.802. The molecule has 0 radical (unpaired) electrons. The molecular formula is C17H27CaO4P. The van der Waals surface area contributed by atoms with E-state index in [1.165, 1.54) is 6.92 Å². The number of hydrogen-bond acceptors (Lipinski definition) is 4. The first kappa shape index (κ1) is 23.4. The van der Waals surface area contributed by atoms with Gasteiger partial charge in [-0.25, -0.2) is 0 Å². The maximum Gasteiger partial charge on any atom is 2.00 e. The molecule has 0 aliphatic carbocycles. The zero-order valence-corrected chi connectivity index (χ0v) is 18.4. The van der Waals surface area contributed by atoms with Crippen molar-refractivity contribution in [2.45, 2.75) is 71.4 Å². The van der Waals surface area contributed by atoms with Crippen molar-refractivity contribution in [2.24, 2.45) is 0 Å². The summed E-state index contributed by atoms with van der Waals surface area (Å²) in [6.45, 7) is 13.4. The summed E-state index contributed by atoms with van der Waals surface area (Å²) in [6, 6.07) is 3.63. The Kier molecular flexibility index (Phi) is 7.91. The van der Waals surface area contributed by atoms with Crippen LogP contribution in [-0.4, -0.2) is 48.5 Å². The fourth-order valence-electron chi connectivity index (χ4n) is 2.41. The van der Waals surface area contributed by atoms with Crippen LogP contribution in [0.25, 0.3) is 0 Å². The third kappa shape index (κ3) is 6.34. The van der Waals surface area contributed by atoms with Crippen LogP contribution in [0.2, 0.25) is 0 Å². The second-order valence-corrected chi connectivity index (χ2v) is 10.1. The van der Waals surface area contributed by atoms with Gasteiger partial charge < -0.3 is 19.5 Å². The molecule has 0 fully saturated rings. The van der Waals surface area contributed by atoms with E-state index in [2.05, 4.69) is 0 Å². The molecule has 1 aromatic rings. The number of rotatable bonds is 3. The van der Waals surface area contributed by atoms with Crippen LogP contribution >= 0.6 is 7.60 Å². The average Bonchev–Trinajstić information content (AvgIpc) is 2.26. The van der Waals surface area contributed by atoms with Gasteiger partial charge in [0.05, 0.1) is 0 Å². The van der Waals surface area contributed by atoms with Crippen LogP contribution in [0.4, 0.5) is 0 Å². The topological polar surface area (TPSA) is 83.4 Å². The number of hydrogen-bond donors (Lipinski definition) is 1. The fourth-order valence-corrected chi connectivity index (χ4v) is 2.84. The van der Waals surface area contributed by atoms with E-state index in [0.717, 1.165) is 16.7 Å². The van der Waals surface area contributed by atoms with Crippen LogP contribution in [0.3, 0.4) is 0 Å². The summed E-state index contributed by atoms with van der Waals surface area (Å²) in [7, 11) is -4.61. The van der Waals surface area contributed by atoms with E-state index >= 15 is 0 Å². The van der Waals surface area contributed by atoms with Crippen molar-refractivity contribution in [3.8, 4) is 5.75 Å². The van der Waals surface area contributed by atoms with Gasteiger partial charge >= 0.3 is 37.7 Å². The van der Waals surface area contributed by atoms with Gasteiger partial charge in [0.1, 0.15) is 5.75 Å². The van der Waals surface area contributed by atoms with E-state index in [1.54, 1.807) is 0 Å². The third-order valence-corrected chi connectivity index (χ3v) is 5.12. The SMILES string of the molecule is CC(Cc1cc(C(C)(C)C)c(O)c(C(C)(C)C)c1)P(=O)([O-])[O-].[Ca+2]. The number of phenols is 1. The molecule has 4 nitrogen and oxygen atoms in total. The summed E-state index contributed by atoms with van der Waals surface area (Å²) in [5.74, 6) is 0.254. The second kappa shape index (κ2) is 7.76. The van der Waals surface area contributed by atoms with Gasteiger partial charge in [-0.05, 0) is 39.6 Å². The van der Waals surface area contributed by atoms with Crippen LogP contribution < -0.4 is 9.79 Å². The van der Waals surface area contributed by atoms with Crippen molar-refractivity contribution in [3.05, 3.63) is 28.8 Å². The molecule has 1 atom stereocenters. The largest absolute Gasteiger partial charge is 2.00 e. The van der Waals surface area contributed by atoms with Crippen molar-refractivity contribution < 1.29 is 19.5 Å². The van der Waals surface area contributed by atoms with Gasteiger partial charge in [0.15, 0.2) is 0 Å². The molecule has 0 aromatic heterocycles. The minimum atomic E-state index is -4.61. The molecule has 0 amide bonds. The van der Waals surface area contributed by atoms with Gasteiger partial charge in [-0.2, -0.15) is 0 Å². The van der Waals surface area contributed by atoms with Crippen LogP contribution in [-0.2, 0) is 21.8 Å². The zero-order chi connectivity index (χ0) is 17.5. The van der Waals surface area contributed by atoms with Crippen LogP contribution in [0.5, 0.6) is 5.75 Å². The Morgan fingerprint density at radius 2 is 1.39 bits per heavy atom. The molecule has 126 valence electrons. The summed E-state index contributed by atoms with van der Waals surface area (Å²) >= 11 is 0. The molecule has 1 rings (SSSR count). The molecular weight excluding hydrogens is 339 g/mol. The summed E-state index contributed by atoms with van der Waals surface area (Å²) in [5, 5.41) is 10.6.